The van der Waals surface area contributed by atoms with Gasteiger partial charge in [-0.15, -0.1) is 0 Å². The summed E-state index contributed by atoms with van der Waals surface area (Å²) < 4.78 is 20.6. The number of carboxylic acid groups (broad SMARTS) is 1. The number of hydrogen-bond acceptors (Lipinski definition) is 6. The highest BCUT2D eigenvalue weighted by molar-refractivity contribution is 5.90. The number of rotatable bonds is 6. The van der Waals surface area contributed by atoms with Gasteiger partial charge in [-0.1, -0.05) is 18.2 Å². The van der Waals surface area contributed by atoms with Gasteiger partial charge in [-0.05, 0) is 18.8 Å². The molecule has 10 nitrogen and oxygen atoms in total. The average molecular weight is 444 g/mol. The predicted molar refractivity (Wildman–Crippen MR) is 113 cm³/mol. The van der Waals surface area contributed by atoms with Crippen molar-refractivity contribution in [2.45, 2.75) is 26.3 Å². The Bertz CT molecular complexity index is 978. The summed E-state index contributed by atoms with van der Waals surface area (Å²) in [6, 6.07) is 4.70. The van der Waals surface area contributed by atoms with E-state index in [0.29, 0.717) is 36.1 Å². The Balaban J connectivity index is 1.64. The van der Waals surface area contributed by atoms with Crippen LogP contribution in [0.5, 0.6) is 6.01 Å². The molecule has 1 aromatic heterocycles. The van der Waals surface area contributed by atoms with Gasteiger partial charge in [0.2, 0.25) is 5.91 Å². The van der Waals surface area contributed by atoms with Crippen LogP contribution in [0.1, 0.15) is 25.3 Å². The van der Waals surface area contributed by atoms with Crippen molar-refractivity contribution < 1.29 is 23.8 Å². The van der Waals surface area contributed by atoms with Crippen LogP contribution in [0.15, 0.2) is 30.6 Å². The van der Waals surface area contributed by atoms with E-state index in [1.807, 2.05) is 4.90 Å². The first kappa shape index (κ1) is 22.9. The average Bonchev–Trinajstić information content (AvgIpc) is 2.77. The first-order valence-corrected chi connectivity index (χ1v) is 10.1. The number of aromatic nitrogens is 2. The van der Waals surface area contributed by atoms with E-state index >= 15 is 0 Å². The zero-order chi connectivity index (χ0) is 23.3. The lowest BCUT2D eigenvalue weighted by molar-refractivity contribution is -0.130. The third kappa shape index (κ3) is 5.48. The lowest BCUT2D eigenvalue weighted by Crippen LogP contribution is -2.39. The van der Waals surface area contributed by atoms with Crippen LogP contribution in [0.2, 0.25) is 0 Å². The fourth-order valence-electron chi connectivity index (χ4n) is 3.49. The number of benzene rings is 1. The van der Waals surface area contributed by atoms with E-state index in [2.05, 4.69) is 9.97 Å². The first-order chi connectivity index (χ1) is 15.3. The summed E-state index contributed by atoms with van der Waals surface area (Å²) >= 11 is 0. The van der Waals surface area contributed by atoms with Crippen LogP contribution in [0.25, 0.3) is 11.1 Å². The number of nitrogens with zero attached hydrogens (tertiary/aromatic N) is 4. The summed E-state index contributed by atoms with van der Waals surface area (Å²) in [4.78, 5) is 33.2. The van der Waals surface area contributed by atoms with Gasteiger partial charge in [0.25, 0.3) is 0 Å². The molecule has 0 bridgehead atoms. The van der Waals surface area contributed by atoms with Crippen molar-refractivity contribution in [3.8, 4) is 17.1 Å². The molecular weight excluding hydrogens is 419 g/mol. The molecule has 0 aliphatic carbocycles. The number of likely N-dealkylation sites (tertiary alicyclic amines) is 1. The maximum atomic E-state index is 15.0. The van der Waals surface area contributed by atoms with Crippen LogP contribution in [0, 0.1) is 17.1 Å². The van der Waals surface area contributed by atoms with Crippen LogP contribution < -0.4 is 10.5 Å². The van der Waals surface area contributed by atoms with Gasteiger partial charge in [0.15, 0.2) is 5.96 Å². The van der Waals surface area contributed by atoms with Gasteiger partial charge in [-0.3, -0.25) is 10.2 Å². The molecule has 1 saturated heterocycles. The molecule has 11 heteroatoms. The monoisotopic (exact) mass is 444 g/mol. The van der Waals surface area contributed by atoms with Crippen LogP contribution in [-0.4, -0.2) is 62.5 Å². The Morgan fingerprint density at radius 1 is 1.31 bits per heavy atom. The third-order valence-corrected chi connectivity index (χ3v) is 5.38. The second-order valence-electron chi connectivity index (χ2n) is 7.55. The molecule has 170 valence electrons. The van der Waals surface area contributed by atoms with Crippen molar-refractivity contribution in [3.05, 3.63) is 42.0 Å². The number of carbonyl (C=O) groups excluding carboxylic acids is 1. The van der Waals surface area contributed by atoms with E-state index in [0.717, 1.165) is 12.8 Å². The zero-order valence-corrected chi connectivity index (χ0v) is 17.6. The highest BCUT2D eigenvalue weighted by atomic mass is 19.1. The van der Waals surface area contributed by atoms with Crippen molar-refractivity contribution in [3.63, 3.8) is 0 Å². The summed E-state index contributed by atoms with van der Waals surface area (Å²) in [6.45, 7) is 3.03. The lowest BCUT2D eigenvalue weighted by atomic mass is 9.98. The maximum absolute atomic E-state index is 15.0. The number of nitrogens with one attached hydrogen (secondary N) is 1. The Morgan fingerprint density at radius 2 is 1.97 bits per heavy atom. The predicted octanol–water partition coefficient (Wildman–Crippen LogP) is 2.29. The van der Waals surface area contributed by atoms with E-state index in [1.165, 1.54) is 24.5 Å². The van der Waals surface area contributed by atoms with Crippen LogP contribution >= 0.6 is 0 Å². The molecule has 2 amide bonds. The molecule has 1 aliphatic rings. The Labute approximate surface area is 184 Å². The second-order valence-corrected chi connectivity index (χ2v) is 7.55. The number of carbonyl (C=O) groups is 2. The number of guanidine groups is 1. The van der Waals surface area contributed by atoms with Gasteiger partial charge in [0.05, 0.1) is 13.2 Å². The fraction of sp³-hybridized carbons (Fsp3) is 0.381. The fourth-order valence-corrected chi connectivity index (χ4v) is 3.49. The normalized spacial score (nSPS) is 14.1. The van der Waals surface area contributed by atoms with Crippen molar-refractivity contribution in [1.29, 1.82) is 5.41 Å². The lowest BCUT2D eigenvalue weighted by Gasteiger charge is -2.30. The van der Waals surface area contributed by atoms with E-state index < -0.39 is 24.4 Å². The Hall–Kier alpha value is -3.76. The summed E-state index contributed by atoms with van der Waals surface area (Å²) in [5, 5.41) is 16.5. The van der Waals surface area contributed by atoms with Gasteiger partial charge in [-0.25, -0.2) is 24.1 Å². The number of amides is 2. The van der Waals surface area contributed by atoms with E-state index in [9.17, 15) is 14.0 Å². The molecule has 0 spiro atoms. The molecule has 0 unspecified atom stereocenters. The van der Waals surface area contributed by atoms with Crippen LogP contribution in [0.3, 0.4) is 0 Å². The topological polar surface area (TPSA) is 146 Å². The van der Waals surface area contributed by atoms with E-state index in [1.54, 1.807) is 13.0 Å². The van der Waals surface area contributed by atoms with Crippen molar-refractivity contribution in [1.82, 2.24) is 19.8 Å². The minimum atomic E-state index is -1.45. The quantitative estimate of drug-likeness (QED) is 0.458. The molecule has 2 heterocycles. The minimum Gasteiger partial charge on any atom is -0.465 e. The van der Waals surface area contributed by atoms with Crippen molar-refractivity contribution in [2.75, 3.05) is 19.7 Å². The standard InChI is InChI=1S/C21H25FN6O4/c1-13(29)27-7-5-14(6-8-27)12-32-20-25-9-16(10-26-20)17-4-2-3-15(18(17)22)11-28(19(23)24)21(30)31/h2-4,9-10,14H,5-8,11-12H2,1H3,(H3,23,24)(H,30,31). The summed E-state index contributed by atoms with van der Waals surface area (Å²) in [5.41, 5.74) is 5.92. The van der Waals surface area contributed by atoms with E-state index in [4.69, 9.17) is 21.0 Å². The molecule has 1 aliphatic heterocycles. The molecule has 0 saturated carbocycles. The number of piperidine rings is 1. The van der Waals surface area contributed by atoms with Gasteiger partial charge in [0.1, 0.15) is 5.82 Å². The Morgan fingerprint density at radius 3 is 2.53 bits per heavy atom. The second kappa shape index (κ2) is 10.0. The number of hydrogen-bond donors (Lipinski definition) is 3. The summed E-state index contributed by atoms with van der Waals surface area (Å²) in [6.07, 6.45) is 3.12. The SMILES string of the molecule is CC(=O)N1CCC(COc2ncc(-c3cccc(CN(C(=N)N)C(=O)O)c3F)cn2)CC1. The molecule has 0 radical (unpaired) electrons. The highest BCUT2D eigenvalue weighted by Crippen LogP contribution is 2.26. The zero-order valence-electron chi connectivity index (χ0n) is 17.6. The highest BCUT2D eigenvalue weighted by Gasteiger charge is 2.22. The minimum absolute atomic E-state index is 0.0670. The van der Waals surface area contributed by atoms with Gasteiger partial charge in [0, 0.05) is 49.1 Å². The summed E-state index contributed by atoms with van der Waals surface area (Å²) in [5.74, 6) is -0.952. The summed E-state index contributed by atoms with van der Waals surface area (Å²) in [7, 11) is 0. The van der Waals surface area contributed by atoms with Gasteiger partial charge in [-0.2, -0.15) is 0 Å². The maximum Gasteiger partial charge on any atom is 0.414 e. The molecule has 32 heavy (non-hydrogen) atoms. The molecule has 0 atom stereocenters. The van der Waals surface area contributed by atoms with Gasteiger partial charge < -0.3 is 20.5 Å². The molecule has 4 N–H and O–H groups in total. The number of nitrogens with two attached hydrogens (primary N) is 1. The van der Waals surface area contributed by atoms with Gasteiger partial charge >= 0.3 is 12.1 Å². The van der Waals surface area contributed by atoms with E-state index in [-0.39, 0.29) is 23.0 Å². The first-order valence-electron chi connectivity index (χ1n) is 10.1. The number of ether oxygens (including phenoxy) is 1. The molecular formula is C21H25FN6O4. The number of halogens is 1. The molecule has 3 rings (SSSR count). The Kier molecular flexibility index (Phi) is 7.18. The van der Waals surface area contributed by atoms with Crippen LogP contribution in [0.4, 0.5) is 9.18 Å². The smallest absolute Gasteiger partial charge is 0.414 e. The largest absolute Gasteiger partial charge is 0.465 e. The van der Waals surface area contributed by atoms with Crippen LogP contribution in [-0.2, 0) is 11.3 Å². The van der Waals surface area contributed by atoms with Crippen molar-refractivity contribution in [2.24, 2.45) is 11.7 Å². The van der Waals surface area contributed by atoms with Crippen molar-refractivity contribution >= 4 is 18.0 Å². The molecule has 2 aromatic rings. The molecule has 1 fully saturated rings. The molecule has 1 aromatic carbocycles. The third-order valence-electron chi connectivity index (χ3n) is 5.38.